The summed E-state index contributed by atoms with van der Waals surface area (Å²) in [6.07, 6.45) is 0. The van der Waals surface area contributed by atoms with Crippen molar-refractivity contribution in [1.82, 2.24) is 14.8 Å². The fraction of sp³-hybridized carbons (Fsp3) is 0.333. The number of aromatic nitrogens is 3. The van der Waals surface area contributed by atoms with Gasteiger partial charge in [-0.2, -0.15) is 5.10 Å². The quantitative estimate of drug-likeness (QED) is 0.697. The molecular formula is C9H12N4. The third kappa shape index (κ3) is 1.19. The maximum Gasteiger partial charge on any atom is 0.158 e. The van der Waals surface area contributed by atoms with E-state index in [4.69, 9.17) is 5.73 Å². The van der Waals surface area contributed by atoms with Gasteiger partial charge in [0.2, 0.25) is 0 Å². The van der Waals surface area contributed by atoms with Crippen molar-refractivity contribution in [3.8, 4) is 0 Å². The van der Waals surface area contributed by atoms with Crippen LogP contribution >= 0.6 is 0 Å². The highest BCUT2D eigenvalue weighted by molar-refractivity contribution is 5.78. The second-order valence-corrected chi connectivity index (χ2v) is 3.09. The highest BCUT2D eigenvalue weighted by Crippen LogP contribution is 2.15. The van der Waals surface area contributed by atoms with Crippen molar-refractivity contribution in [2.75, 3.05) is 0 Å². The molecule has 68 valence electrons. The molecule has 4 nitrogen and oxygen atoms in total. The van der Waals surface area contributed by atoms with Crippen molar-refractivity contribution in [3.63, 3.8) is 0 Å². The van der Waals surface area contributed by atoms with Crippen LogP contribution in [-0.2, 0) is 13.6 Å². The Morgan fingerprint density at radius 1 is 1.46 bits per heavy atom. The van der Waals surface area contributed by atoms with Gasteiger partial charge in [0.15, 0.2) is 5.65 Å². The molecule has 0 saturated heterocycles. The number of aryl methyl sites for hydroxylation is 2. The first-order chi connectivity index (χ1) is 6.22. The van der Waals surface area contributed by atoms with Crippen LogP contribution in [0, 0.1) is 6.92 Å². The van der Waals surface area contributed by atoms with E-state index in [1.807, 2.05) is 26.1 Å². The molecular weight excluding hydrogens is 164 g/mol. The Labute approximate surface area is 76.4 Å². The van der Waals surface area contributed by atoms with Gasteiger partial charge in [-0.15, -0.1) is 0 Å². The predicted molar refractivity (Wildman–Crippen MR) is 51.1 cm³/mol. The van der Waals surface area contributed by atoms with E-state index in [2.05, 4.69) is 10.1 Å². The summed E-state index contributed by atoms with van der Waals surface area (Å²) in [5.41, 5.74) is 8.32. The minimum Gasteiger partial charge on any atom is -0.325 e. The average Bonchev–Trinajstić information content (AvgIpc) is 2.42. The molecule has 0 aliphatic rings. The van der Waals surface area contributed by atoms with E-state index in [1.54, 1.807) is 4.68 Å². The van der Waals surface area contributed by atoms with E-state index in [9.17, 15) is 0 Å². The third-order valence-electron chi connectivity index (χ3n) is 2.14. The van der Waals surface area contributed by atoms with Crippen LogP contribution in [0.4, 0.5) is 0 Å². The van der Waals surface area contributed by atoms with Crippen LogP contribution in [0.1, 0.15) is 11.4 Å². The number of pyridine rings is 1. The molecule has 2 rings (SSSR count). The van der Waals surface area contributed by atoms with Gasteiger partial charge in [0, 0.05) is 19.0 Å². The van der Waals surface area contributed by atoms with E-state index in [0.29, 0.717) is 6.54 Å². The Morgan fingerprint density at radius 2 is 2.23 bits per heavy atom. The van der Waals surface area contributed by atoms with E-state index in [-0.39, 0.29) is 0 Å². The van der Waals surface area contributed by atoms with Crippen LogP contribution in [0.2, 0.25) is 0 Å². The first-order valence-corrected chi connectivity index (χ1v) is 4.21. The Bertz CT molecular complexity index is 444. The van der Waals surface area contributed by atoms with Gasteiger partial charge in [0.25, 0.3) is 0 Å². The Hall–Kier alpha value is -1.42. The topological polar surface area (TPSA) is 56.7 Å². The van der Waals surface area contributed by atoms with Gasteiger partial charge in [0.05, 0.1) is 11.4 Å². The number of fused-ring (bicyclic) bond motifs is 1. The zero-order valence-electron chi connectivity index (χ0n) is 7.78. The minimum atomic E-state index is 0.472. The van der Waals surface area contributed by atoms with E-state index >= 15 is 0 Å². The number of hydrogen-bond donors (Lipinski definition) is 1. The molecule has 2 N–H and O–H groups in total. The highest BCUT2D eigenvalue weighted by Gasteiger charge is 2.05. The Morgan fingerprint density at radius 3 is 2.92 bits per heavy atom. The summed E-state index contributed by atoms with van der Waals surface area (Å²) in [5, 5.41) is 5.38. The molecule has 4 heteroatoms. The third-order valence-corrected chi connectivity index (χ3v) is 2.14. The fourth-order valence-corrected chi connectivity index (χ4v) is 1.46. The summed E-state index contributed by atoms with van der Waals surface area (Å²) >= 11 is 0. The fourth-order valence-electron chi connectivity index (χ4n) is 1.46. The summed E-state index contributed by atoms with van der Waals surface area (Å²) in [5.74, 6) is 0. The number of nitrogens with zero attached hydrogens (tertiary/aromatic N) is 3. The first kappa shape index (κ1) is 8.19. The predicted octanol–water partition coefficient (Wildman–Crippen LogP) is 0.735. The van der Waals surface area contributed by atoms with Crippen LogP contribution in [0.5, 0.6) is 0 Å². The van der Waals surface area contributed by atoms with E-state index < -0.39 is 0 Å². The molecule has 0 bridgehead atoms. The van der Waals surface area contributed by atoms with Crippen LogP contribution in [0.3, 0.4) is 0 Å². The molecule has 0 radical (unpaired) electrons. The monoisotopic (exact) mass is 176 g/mol. The van der Waals surface area contributed by atoms with Crippen molar-refractivity contribution in [1.29, 1.82) is 0 Å². The van der Waals surface area contributed by atoms with E-state index in [0.717, 1.165) is 22.4 Å². The number of hydrogen-bond acceptors (Lipinski definition) is 3. The highest BCUT2D eigenvalue weighted by atomic mass is 15.3. The zero-order chi connectivity index (χ0) is 9.42. The minimum absolute atomic E-state index is 0.472. The molecule has 13 heavy (non-hydrogen) atoms. The Kier molecular flexibility index (Phi) is 1.77. The first-order valence-electron chi connectivity index (χ1n) is 4.21. The summed E-state index contributed by atoms with van der Waals surface area (Å²) in [6.45, 7) is 2.45. The summed E-state index contributed by atoms with van der Waals surface area (Å²) in [4.78, 5) is 4.39. The summed E-state index contributed by atoms with van der Waals surface area (Å²) < 4.78 is 1.78. The van der Waals surface area contributed by atoms with Crippen molar-refractivity contribution in [3.05, 3.63) is 23.5 Å². The van der Waals surface area contributed by atoms with Crippen LogP contribution in [0.25, 0.3) is 11.0 Å². The van der Waals surface area contributed by atoms with Gasteiger partial charge in [-0.3, -0.25) is 4.68 Å². The summed E-state index contributed by atoms with van der Waals surface area (Å²) in [7, 11) is 1.89. The Balaban J connectivity index is 2.76. The molecule has 2 aromatic rings. The molecule has 0 atom stereocenters. The van der Waals surface area contributed by atoms with Crippen LogP contribution < -0.4 is 5.73 Å². The van der Waals surface area contributed by atoms with Crippen molar-refractivity contribution in [2.24, 2.45) is 12.8 Å². The molecule has 0 spiro atoms. The van der Waals surface area contributed by atoms with Gasteiger partial charge in [-0.1, -0.05) is 0 Å². The molecule has 0 aliphatic heterocycles. The van der Waals surface area contributed by atoms with Gasteiger partial charge < -0.3 is 5.73 Å². The largest absolute Gasteiger partial charge is 0.325 e. The standard InChI is InChI=1S/C9H12N4/c1-6-8-4-3-7(5-10)11-9(8)13(2)12-6/h3-4H,5,10H2,1-2H3. The lowest BCUT2D eigenvalue weighted by atomic mass is 10.2. The van der Waals surface area contributed by atoms with Crippen molar-refractivity contribution < 1.29 is 0 Å². The molecule has 0 fully saturated rings. The molecule has 0 aliphatic carbocycles. The molecule has 0 amide bonds. The lowest BCUT2D eigenvalue weighted by Crippen LogP contribution is -2.00. The second kappa shape index (κ2) is 2.81. The SMILES string of the molecule is Cc1nn(C)c2nc(CN)ccc12. The van der Waals surface area contributed by atoms with Crippen molar-refractivity contribution in [2.45, 2.75) is 13.5 Å². The maximum absolute atomic E-state index is 5.51. The second-order valence-electron chi connectivity index (χ2n) is 3.09. The zero-order valence-corrected chi connectivity index (χ0v) is 7.78. The average molecular weight is 176 g/mol. The number of rotatable bonds is 1. The van der Waals surface area contributed by atoms with Crippen molar-refractivity contribution >= 4 is 11.0 Å². The van der Waals surface area contributed by atoms with Crippen LogP contribution in [0.15, 0.2) is 12.1 Å². The lowest BCUT2D eigenvalue weighted by Gasteiger charge is -1.96. The normalized spacial score (nSPS) is 11.0. The van der Waals surface area contributed by atoms with Gasteiger partial charge >= 0.3 is 0 Å². The number of nitrogens with two attached hydrogens (primary N) is 1. The van der Waals surface area contributed by atoms with Gasteiger partial charge in [0.1, 0.15) is 0 Å². The smallest absolute Gasteiger partial charge is 0.158 e. The van der Waals surface area contributed by atoms with Crippen LogP contribution in [-0.4, -0.2) is 14.8 Å². The molecule has 0 unspecified atom stereocenters. The van der Waals surface area contributed by atoms with E-state index in [1.165, 1.54) is 0 Å². The maximum atomic E-state index is 5.51. The van der Waals surface area contributed by atoms with Gasteiger partial charge in [-0.25, -0.2) is 4.98 Å². The molecule has 0 saturated carbocycles. The lowest BCUT2D eigenvalue weighted by molar-refractivity contribution is 0.770. The summed E-state index contributed by atoms with van der Waals surface area (Å²) in [6, 6.07) is 3.96. The van der Waals surface area contributed by atoms with Gasteiger partial charge in [-0.05, 0) is 19.1 Å². The molecule has 2 aromatic heterocycles. The molecule has 0 aromatic carbocycles. The molecule has 2 heterocycles.